The fourth-order valence-electron chi connectivity index (χ4n) is 5.43. The second-order valence-electron chi connectivity index (χ2n) is 12.3. The number of aliphatic hydroxyl groups is 1. The van der Waals surface area contributed by atoms with Crippen molar-refractivity contribution in [1.29, 1.82) is 0 Å². The summed E-state index contributed by atoms with van der Waals surface area (Å²) in [6.45, 7) is 10.8. The van der Waals surface area contributed by atoms with Gasteiger partial charge >= 0.3 is 6.18 Å². The van der Waals surface area contributed by atoms with Crippen molar-refractivity contribution < 1.29 is 27.5 Å². The number of nitrogens with zero attached hydrogens (tertiary/aromatic N) is 2. The number of halogens is 4. The molecule has 49 heavy (non-hydrogen) atoms. The van der Waals surface area contributed by atoms with Gasteiger partial charge in [0, 0.05) is 35.8 Å². The van der Waals surface area contributed by atoms with Gasteiger partial charge in [0.2, 0.25) is 0 Å². The highest BCUT2D eigenvalue weighted by Crippen LogP contribution is 2.38. The second kappa shape index (κ2) is 18.4. The van der Waals surface area contributed by atoms with Crippen LogP contribution in [0.3, 0.4) is 0 Å². The maximum atomic E-state index is 13.5. The average molecular weight is 681 g/mol. The molecule has 2 unspecified atom stereocenters. The van der Waals surface area contributed by atoms with E-state index in [0.717, 1.165) is 42.0 Å². The first-order chi connectivity index (χ1) is 23.3. The molecule has 264 valence electrons. The molecule has 4 rings (SSSR count). The molecule has 1 aliphatic carbocycles. The highest BCUT2D eigenvalue weighted by atomic mass is 19.4. The highest BCUT2D eigenvalue weighted by Gasteiger charge is 2.33. The van der Waals surface area contributed by atoms with Gasteiger partial charge in [-0.2, -0.15) is 13.2 Å². The van der Waals surface area contributed by atoms with Gasteiger partial charge in [0.15, 0.2) is 12.0 Å². The van der Waals surface area contributed by atoms with E-state index in [9.17, 15) is 27.5 Å². The minimum atomic E-state index is -4.54. The molecule has 1 aliphatic heterocycles. The Balaban J connectivity index is 0.000000275. The molecule has 0 amide bonds. The summed E-state index contributed by atoms with van der Waals surface area (Å²) in [6.07, 6.45) is 11.0. The predicted molar refractivity (Wildman–Crippen MR) is 192 cm³/mol. The summed E-state index contributed by atoms with van der Waals surface area (Å²) in [5.74, 6) is 0.254. The standard InChI is InChI=1S/C22H27F3N2O.C17H21FN2O/c1-5-8-16-11-12-18(14-19(16)15(4)26)27-20(21(28)10-7-3)13-17(9-6-2)22(23,24)25;1-12-10-14(5-6-15(12)18)16(7-4-13-2-3-13)20-9-8-19-11-17(20)21/h5,8-9,11-14,27H,4,6-7,10,26H2,1-3H3;5-6,8-11,13,16-17,21H,2-4,7H2,1H3/b8-5-,17-9-,20-13-;. The van der Waals surface area contributed by atoms with Crippen LogP contribution >= 0.6 is 0 Å². The van der Waals surface area contributed by atoms with Crippen molar-refractivity contribution in [2.24, 2.45) is 16.6 Å². The molecule has 0 bridgehead atoms. The SMILES string of the molecule is C=C(N)c1cc(N/C(=C\C(=C\CC)C(F)(F)F)C(=O)CCC)ccc1/C=C\C.Cc1cc(C(CCC2CC2)N2C=CN=CC2O)ccc1F. The van der Waals surface area contributed by atoms with Crippen molar-refractivity contribution in [3.63, 3.8) is 0 Å². The number of aliphatic hydroxyl groups excluding tert-OH is 1. The van der Waals surface area contributed by atoms with E-state index in [1.54, 1.807) is 45.2 Å². The summed E-state index contributed by atoms with van der Waals surface area (Å²) in [6, 6.07) is 10.4. The largest absolute Gasteiger partial charge is 0.416 e. The van der Waals surface area contributed by atoms with Crippen molar-refractivity contribution in [2.75, 3.05) is 5.32 Å². The fraction of sp³-hybridized carbons (Fsp3) is 0.385. The molecular weight excluding hydrogens is 632 g/mol. The van der Waals surface area contributed by atoms with Crippen molar-refractivity contribution in [3.8, 4) is 0 Å². The second-order valence-corrected chi connectivity index (χ2v) is 12.3. The first-order valence-electron chi connectivity index (χ1n) is 16.7. The van der Waals surface area contributed by atoms with E-state index in [1.807, 2.05) is 42.3 Å². The number of carbonyl (C=O) groups excluding carboxylic acids is 1. The number of ketones is 1. The lowest BCUT2D eigenvalue weighted by Gasteiger charge is -2.34. The molecule has 2 aliphatic rings. The number of hydrogen-bond donors (Lipinski definition) is 3. The van der Waals surface area contributed by atoms with Gasteiger partial charge in [0.05, 0.1) is 23.5 Å². The molecule has 0 radical (unpaired) electrons. The van der Waals surface area contributed by atoms with Crippen molar-refractivity contribution in [1.82, 2.24) is 4.90 Å². The Morgan fingerprint density at radius 3 is 2.51 bits per heavy atom. The van der Waals surface area contributed by atoms with Gasteiger partial charge in [0.25, 0.3) is 0 Å². The van der Waals surface area contributed by atoms with Crippen LogP contribution in [-0.2, 0) is 4.79 Å². The van der Waals surface area contributed by atoms with Crippen LogP contribution in [0.5, 0.6) is 0 Å². The van der Waals surface area contributed by atoms with Crippen molar-refractivity contribution in [3.05, 3.63) is 113 Å². The molecule has 2 atom stereocenters. The predicted octanol–water partition coefficient (Wildman–Crippen LogP) is 9.75. The van der Waals surface area contributed by atoms with E-state index in [0.29, 0.717) is 28.9 Å². The van der Waals surface area contributed by atoms with E-state index in [-0.39, 0.29) is 36.2 Å². The van der Waals surface area contributed by atoms with Gasteiger partial charge in [-0.15, -0.1) is 0 Å². The van der Waals surface area contributed by atoms with Gasteiger partial charge in [-0.1, -0.05) is 69.7 Å². The van der Waals surface area contributed by atoms with Crippen molar-refractivity contribution >= 4 is 29.5 Å². The summed E-state index contributed by atoms with van der Waals surface area (Å²) < 4.78 is 53.3. The number of aliphatic imine (C=N–C) groups is 1. The van der Waals surface area contributed by atoms with E-state index in [1.165, 1.54) is 25.1 Å². The van der Waals surface area contributed by atoms with Gasteiger partial charge in [0.1, 0.15) is 5.82 Å². The zero-order valence-corrected chi connectivity index (χ0v) is 28.7. The molecule has 2 aromatic rings. The number of allylic oxidation sites excluding steroid dienone is 5. The monoisotopic (exact) mass is 680 g/mol. The number of rotatable bonds is 14. The Labute approximate surface area is 287 Å². The molecule has 6 nitrogen and oxygen atoms in total. The number of carbonyl (C=O) groups is 1. The lowest BCUT2D eigenvalue weighted by Crippen LogP contribution is -2.36. The first-order valence-corrected chi connectivity index (χ1v) is 16.7. The molecule has 0 aromatic heterocycles. The zero-order chi connectivity index (χ0) is 36.1. The summed E-state index contributed by atoms with van der Waals surface area (Å²) in [4.78, 5) is 18.3. The van der Waals surface area contributed by atoms with E-state index in [4.69, 9.17) is 5.73 Å². The quantitative estimate of drug-likeness (QED) is 0.105. The summed E-state index contributed by atoms with van der Waals surface area (Å²) in [5, 5.41) is 13.0. The molecule has 2 aromatic carbocycles. The number of anilines is 1. The number of Topliss-reactive ketones (excluding diaryl/α,β-unsaturated/α-hetero) is 1. The Morgan fingerprint density at radius 2 is 1.94 bits per heavy atom. The zero-order valence-electron chi connectivity index (χ0n) is 28.7. The third kappa shape index (κ3) is 11.9. The number of aryl methyl sites for hydroxylation is 1. The fourth-order valence-corrected chi connectivity index (χ4v) is 5.43. The Morgan fingerprint density at radius 1 is 1.20 bits per heavy atom. The van der Waals surface area contributed by atoms with E-state index in [2.05, 4.69) is 16.9 Å². The lowest BCUT2D eigenvalue weighted by molar-refractivity contribution is -0.115. The van der Waals surface area contributed by atoms with E-state index < -0.39 is 18.0 Å². The number of nitrogens with one attached hydrogen (secondary N) is 1. The Hall–Kier alpha value is -4.44. The lowest BCUT2D eigenvalue weighted by atomic mass is 9.97. The maximum absolute atomic E-state index is 13.5. The van der Waals surface area contributed by atoms with Crippen LogP contribution in [0, 0.1) is 18.7 Å². The Kier molecular flexibility index (Phi) is 14.6. The van der Waals surface area contributed by atoms with Crippen LogP contribution < -0.4 is 11.1 Å². The van der Waals surface area contributed by atoms with Gasteiger partial charge in [-0.3, -0.25) is 9.79 Å². The van der Waals surface area contributed by atoms with Crippen LogP contribution in [0.15, 0.2) is 89.9 Å². The minimum Gasteiger partial charge on any atom is -0.399 e. The van der Waals surface area contributed by atoms with Gasteiger partial charge in [-0.25, -0.2) is 4.39 Å². The van der Waals surface area contributed by atoms with Crippen LogP contribution in [-0.4, -0.2) is 34.4 Å². The first kappa shape index (κ1) is 39.0. The summed E-state index contributed by atoms with van der Waals surface area (Å²) >= 11 is 0. The minimum absolute atomic E-state index is 0.0582. The number of hydrogen-bond acceptors (Lipinski definition) is 6. The van der Waals surface area contributed by atoms with Gasteiger partial charge in [-0.05, 0) is 86.4 Å². The smallest absolute Gasteiger partial charge is 0.399 e. The average Bonchev–Trinajstić information content (AvgIpc) is 3.88. The van der Waals surface area contributed by atoms with Crippen LogP contribution in [0.1, 0.15) is 94.0 Å². The summed E-state index contributed by atoms with van der Waals surface area (Å²) in [7, 11) is 0. The normalized spacial score (nSPS) is 17.2. The number of alkyl halides is 3. The number of nitrogens with two attached hydrogens (primary N) is 1. The summed E-state index contributed by atoms with van der Waals surface area (Å²) in [5.41, 5.74) is 8.83. The van der Waals surface area contributed by atoms with Crippen LogP contribution in [0.25, 0.3) is 11.8 Å². The van der Waals surface area contributed by atoms with E-state index >= 15 is 0 Å². The number of benzene rings is 2. The molecule has 0 spiro atoms. The highest BCUT2D eigenvalue weighted by molar-refractivity contribution is 5.98. The topological polar surface area (TPSA) is 91.0 Å². The van der Waals surface area contributed by atoms with Crippen LogP contribution in [0.2, 0.25) is 0 Å². The molecule has 1 fully saturated rings. The Bertz CT molecular complexity index is 1600. The maximum Gasteiger partial charge on any atom is 0.416 e. The third-order valence-corrected chi connectivity index (χ3v) is 8.17. The molecule has 0 saturated heterocycles. The molecular formula is C39H48F4N4O2. The van der Waals surface area contributed by atoms with Gasteiger partial charge < -0.3 is 21.1 Å². The van der Waals surface area contributed by atoms with Crippen molar-refractivity contribution in [2.45, 2.75) is 91.1 Å². The molecule has 10 heteroatoms. The molecule has 4 N–H and O–H groups in total. The molecule has 1 saturated carbocycles. The third-order valence-electron chi connectivity index (χ3n) is 8.17. The molecule has 1 heterocycles. The van der Waals surface area contributed by atoms with Crippen LogP contribution in [0.4, 0.5) is 23.2 Å².